The molecule has 2 aliphatic rings. The van der Waals surface area contributed by atoms with Gasteiger partial charge in [0.25, 0.3) is 5.56 Å². The monoisotopic (exact) mass is 276 g/mol. The summed E-state index contributed by atoms with van der Waals surface area (Å²) in [6.07, 6.45) is 10.1. The summed E-state index contributed by atoms with van der Waals surface area (Å²) in [6, 6.07) is 0.381. The summed E-state index contributed by atoms with van der Waals surface area (Å²) in [7, 11) is 0. The van der Waals surface area contributed by atoms with Crippen molar-refractivity contribution in [2.75, 3.05) is 11.9 Å². The number of nitrogens with one attached hydrogen (secondary N) is 1. The molecular weight excluding hydrogens is 252 g/mol. The zero-order valence-electron chi connectivity index (χ0n) is 12.1. The molecule has 1 aromatic heterocycles. The van der Waals surface area contributed by atoms with Crippen molar-refractivity contribution >= 4 is 5.82 Å². The van der Waals surface area contributed by atoms with Gasteiger partial charge in [0.1, 0.15) is 0 Å². The van der Waals surface area contributed by atoms with Gasteiger partial charge in [0.15, 0.2) is 5.82 Å². The van der Waals surface area contributed by atoms with E-state index in [4.69, 9.17) is 5.73 Å². The SMILES string of the molecule is CC1CCC(CN)(Nc2nccn(C3CC3)c2=O)CC1. The van der Waals surface area contributed by atoms with Crippen molar-refractivity contribution in [2.24, 2.45) is 11.7 Å². The Labute approximate surface area is 119 Å². The molecule has 20 heavy (non-hydrogen) atoms. The summed E-state index contributed by atoms with van der Waals surface area (Å²) in [4.78, 5) is 16.7. The highest BCUT2D eigenvalue weighted by Gasteiger charge is 2.34. The summed E-state index contributed by atoms with van der Waals surface area (Å²) in [5.41, 5.74) is 5.84. The standard InChI is InChI=1S/C15H24N4O/c1-11-4-6-15(10-16,7-5-11)18-13-14(20)19(9-8-17-13)12-2-3-12/h8-9,11-12H,2-7,10,16H2,1H3,(H,17,18). The lowest BCUT2D eigenvalue weighted by atomic mass is 9.77. The van der Waals surface area contributed by atoms with E-state index in [1.54, 1.807) is 12.4 Å². The molecule has 2 saturated carbocycles. The summed E-state index contributed by atoms with van der Waals surface area (Å²) >= 11 is 0. The van der Waals surface area contributed by atoms with Crippen molar-refractivity contribution in [3.63, 3.8) is 0 Å². The fourth-order valence-corrected chi connectivity index (χ4v) is 3.10. The van der Waals surface area contributed by atoms with Crippen molar-refractivity contribution in [3.05, 3.63) is 22.7 Å². The van der Waals surface area contributed by atoms with Gasteiger partial charge in [-0.1, -0.05) is 6.92 Å². The zero-order valence-corrected chi connectivity index (χ0v) is 12.1. The molecule has 1 heterocycles. The Morgan fingerprint density at radius 2 is 2.10 bits per heavy atom. The fourth-order valence-electron chi connectivity index (χ4n) is 3.10. The van der Waals surface area contributed by atoms with Crippen LogP contribution in [0.5, 0.6) is 0 Å². The highest BCUT2D eigenvalue weighted by atomic mass is 16.1. The van der Waals surface area contributed by atoms with Crippen LogP contribution in [0.1, 0.15) is 51.5 Å². The number of nitrogens with zero attached hydrogens (tertiary/aromatic N) is 2. The Bertz CT molecular complexity index is 527. The predicted molar refractivity (Wildman–Crippen MR) is 79.8 cm³/mol. The lowest BCUT2D eigenvalue weighted by Crippen LogP contribution is -2.49. The number of rotatable bonds is 4. The molecule has 1 aromatic rings. The van der Waals surface area contributed by atoms with Gasteiger partial charge in [-0.15, -0.1) is 0 Å². The largest absolute Gasteiger partial charge is 0.359 e. The van der Waals surface area contributed by atoms with Gasteiger partial charge in [-0.05, 0) is 44.4 Å². The summed E-state index contributed by atoms with van der Waals surface area (Å²) < 4.78 is 1.81. The van der Waals surface area contributed by atoms with E-state index < -0.39 is 0 Å². The molecule has 5 heteroatoms. The summed E-state index contributed by atoms with van der Waals surface area (Å²) in [6.45, 7) is 2.83. The van der Waals surface area contributed by atoms with E-state index in [9.17, 15) is 4.79 Å². The third-order valence-electron chi connectivity index (χ3n) is 4.81. The average molecular weight is 276 g/mol. The van der Waals surface area contributed by atoms with Crippen LogP contribution in [0.3, 0.4) is 0 Å². The summed E-state index contributed by atoms with van der Waals surface area (Å²) in [5.74, 6) is 1.22. The van der Waals surface area contributed by atoms with E-state index in [-0.39, 0.29) is 11.1 Å². The minimum atomic E-state index is -0.151. The van der Waals surface area contributed by atoms with Gasteiger partial charge in [-0.25, -0.2) is 4.98 Å². The highest BCUT2D eigenvalue weighted by Crippen LogP contribution is 2.35. The number of hydrogen-bond acceptors (Lipinski definition) is 4. The molecule has 0 aliphatic heterocycles. The van der Waals surface area contributed by atoms with Gasteiger partial charge >= 0.3 is 0 Å². The van der Waals surface area contributed by atoms with E-state index in [0.29, 0.717) is 18.4 Å². The fraction of sp³-hybridized carbons (Fsp3) is 0.733. The van der Waals surface area contributed by atoms with Crippen LogP contribution >= 0.6 is 0 Å². The Kier molecular flexibility index (Phi) is 3.54. The van der Waals surface area contributed by atoms with Gasteiger partial charge in [0, 0.05) is 25.0 Å². The van der Waals surface area contributed by atoms with E-state index in [2.05, 4.69) is 17.2 Å². The minimum absolute atomic E-state index is 0.00134. The molecule has 2 aliphatic carbocycles. The van der Waals surface area contributed by atoms with Crippen molar-refractivity contribution in [3.8, 4) is 0 Å². The molecule has 2 fully saturated rings. The molecule has 0 unspecified atom stereocenters. The van der Waals surface area contributed by atoms with Crippen LogP contribution in [0.2, 0.25) is 0 Å². The average Bonchev–Trinajstić information content (AvgIpc) is 3.28. The van der Waals surface area contributed by atoms with Gasteiger partial charge < -0.3 is 15.6 Å². The van der Waals surface area contributed by atoms with Crippen molar-refractivity contribution < 1.29 is 0 Å². The lowest BCUT2D eigenvalue weighted by Gasteiger charge is -2.39. The van der Waals surface area contributed by atoms with E-state index in [1.165, 1.54) is 0 Å². The molecule has 5 nitrogen and oxygen atoms in total. The molecule has 3 rings (SSSR count). The third kappa shape index (κ3) is 2.59. The Morgan fingerprint density at radius 1 is 1.40 bits per heavy atom. The molecule has 0 radical (unpaired) electrons. The Hall–Kier alpha value is -1.36. The lowest BCUT2D eigenvalue weighted by molar-refractivity contribution is 0.271. The quantitative estimate of drug-likeness (QED) is 0.881. The predicted octanol–water partition coefficient (Wildman–Crippen LogP) is 1.90. The maximum absolute atomic E-state index is 12.4. The molecular formula is C15H24N4O. The number of anilines is 1. The van der Waals surface area contributed by atoms with Crippen LogP contribution in [0.25, 0.3) is 0 Å². The normalized spacial score (nSPS) is 30.2. The van der Waals surface area contributed by atoms with Crippen LogP contribution in [0, 0.1) is 5.92 Å². The topological polar surface area (TPSA) is 72.9 Å². The second kappa shape index (κ2) is 5.20. The van der Waals surface area contributed by atoms with Crippen molar-refractivity contribution in [1.82, 2.24) is 9.55 Å². The van der Waals surface area contributed by atoms with Crippen molar-refractivity contribution in [2.45, 2.75) is 57.0 Å². The first-order chi connectivity index (χ1) is 9.63. The van der Waals surface area contributed by atoms with Crippen LogP contribution in [-0.4, -0.2) is 21.6 Å². The number of aromatic nitrogens is 2. The van der Waals surface area contributed by atoms with Crippen LogP contribution in [0.4, 0.5) is 5.82 Å². The molecule has 0 saturated heterocycles. The molecule has 0 atom stereocenters. The molecule has 0 spiro atoms. The van der Waals surface area contributed by atoms with Crippen LogP contribution in [-0.2, 0) is 0 Å². The number of hydrogen-bond donors (Lipinski definition) is 2. The first kappa shape index (κ1) is 13.6. The van der Waals surface area contributed by atoms with Crippen LogP contribution < -0.4 is 16.6 Å². The number of nitrogens with two attached hydrogens (primary N) is 1. The first-order valence-electron chi connectivity index (χ1n) is 7.69. The Morgan fingerprint density at radius 3 is 2.70 bits per heavy atom. The molecule has 110 valence electrons. The van der Waals surface area contributed by atoms with Gasteiger partial charge in [0.2, 0.25) is 0 Å². The van der Waals surface area contributed by atoms with Gasteiger partial charge in [-0.3, -0.25) is 4.79 Å². The van der Waals surface area contributed by atoms with Gasteiger partial charge in [0.05, 0.1) is 5.54 Å². The smallest absolute Gasteiger partial charge is 0.293 e. The zero-order chi connectivity index (χ0) is 14.2. The van der Waals surface area contributed by atoms with E-state index in [0.717, 1.165) is 44.4 Å². The van der Waals surface area contributed by atoms with Crippen LogP contribution in [0.15, 0.2) is 17.2 Å². The second-order valence-corrected chi connectivity index (χ2v) is 6.51. The minimum Gasteiger partial charge on any atom is -0.359 e. The second-order valence-electron chi connectivity index (χ2n) is 6.51. The Balaban J connectivity index is 1.82. The maximum Gasteiger partial charge on any atom is 0.293 e. The third-order valence-corrected chi connectivity index (χ3v) is 4.81. The van der Waals surface area contributed by atoms with Crippen molar-refractivity contribution in [1.29, 1.82) is 0 Å². The van der Waals surface area contributed by atoms with E-state index >= 15 is 0 Å². The maximum atomic E-state index is 12.4. The van der Waals surface area contributed by atoms with E-state index in [1.807, 2.05) is 4.57 Å². The van der Waals surface area contributed by atoms with Gasteiger partial charge in [-0.2, -0.15) is 0 Å². The molecule has 0 bridgehead atoms. The summed E-state index contributed by atoms with van der Waals surface area (Å²) in [5, 5.41) is 3.39. The first-order valence-corrected chi connectivity index (χ1v) is 7.69. The molecule has 3 N–H and O–H groups in total. The highest BCUT2D eigenvalue weighted by molar-refractivity contribution is 5.36. The molecule has 0 aromatic carbocycles. The molecule has 0 amide bonds.